The number of esters is 1. The number of alkyl halides is 3. The summed E-state index contributed by atoms with van der Waals surface area (Å²) in [6, 6.07) is 5.70. The summed E-state index contributed by atoms with van der Waals surface area (Å²) in [5.41, 5.74) is 1.10. The van der Waals surface area contributed by atoms with Gasteiger partial charge in [0.05, 0.1) is 41.5 Å². The fourth-order valence-electron chi connectivity index (χ4n) is 3.28. The first-order chi connectivity index (χ1) is 15.4. The summed E-state index contributed by atoms with van der Waals surface area (Å²) in [5.74, 6) is -1.31. The normalized spacial score (nSPS) is 12.9. The Morgan fingerprint density at radius 3 is 2.52 bits per heavy atom. The number of nitrogens with zero attached hydrogens (tertiary/aromatic N) is 2. The molecule has 33 heavy (non-hydrogen) atoms. The summed E-state index contributed by atoms with van der Waals surface area (Å²) in [6.07, 6.45) is 2.46. The molecule has 1 heterocycles. The summed E-state index contributed by atoms with van der Waals surface area (Å²) in [4.78, 5) is 15.5. The van der Waals surface area contributed by atoms with Gasteiger partial charge in [-0.05, 0) is 48.4 Å². The highest BCUT2D eigenvalue weighted by Crippen LogP contribution is 2.36. The molecule has 0 aliphatic heterocycles. The molecule has 0 bridgehead atoms. The molecule has 0 amide bonds. The highest BCUT2D eigenvalue weighted by molar-refractivity contribution is 7.92. The van der Waals surface area contributed by atoms with Crippen LogP contribution in [0.5, 0.6) is 0 Å². The number of aryl methyl sites for hydroxylation is 1. The number of rotatable bonds is 6. The van der Waals surface area contributed by atoms with E-state index in [2.05, 4.69) is 4.98 Å². The maximum absolute atomic E-state index is 14.1. The van der Waals surface area contributed by atoms with Crippen LogP contribution in [-0.4, -0.2) is 43.1 Å². The summed E-state index contributed by atoms with van der Waals surface area (Å²) in [6.45, 7) is 1.28. The van der Waals surface area contributed by atoms with Crippen LogP contribution in [0.2, 0.25) is 0 Å². The number of benzene rings is 2. The summed E-state index contributed by atoms with van der Waals surface area (Å²) in [5, 5.41) is 0. The second-order valence-electron chi connectivity index (χ2n) is 7.07. The summed E-state index contributed by atoms with van der Waals surface area (Å²) >= 11 is 0. The number of aromatic nitrogens is 2. The van der Waals surface area contributed by atoms with Crippen LogP contribution in [0, 0.1) is 6.92 Å². The molecule has 0 fully saturated rings. The van der Waals surface area contributed by atoms with Gasteiger partial charge in [0.25, 0.3) is 9.84 Å². The van der Waals surface area contributed by atoms with Crippen molar-refractivity contribution in [3.8, 4) is 11.1 Å². The van der Waals surface area contributed by atoms with E-state index >= 15 is 0 Å². The molecule has 3 rings (SSSR count). The van der Waals surface area contributed by atoms with E-state index in [1.54, 1.807) is 6.92 Å². The lowest BCUT2D eigenvalue weighted by Gasteiger charge is -2.13. The average Bonchev–Trinajstić information content (AvgIpc) is 3.14. The molecule has 12 heteroatoms. The van der Waals surface area contributed by atoms with Gasteiger partial charge in [0.15, 0.2) is 0 Å². The van der Waals surface area contributed by atoms with Crippen LogP contribution < -0.4 is 5.73 Å². The molecule has 0 aliphatic carbocycles. The number of carbonyl (C=O) groups is 1. The van der Waals surface area contributed by atoms with Gasteiger partial charge in [-0.3, -0.25) is 0 Å². The average molecular weight is 485 g/mol. The quantitative estimate of drug-likeness (QED) is 0.420. The molecule has 2 aromatic carbocycles. The minimum atomic E-state index is -5.61. The van der Waals surface area contributed by atoms with Crippen molar-refractivity contribution in [2.75, 3.05) is 13.7 Å². The first-order valence-corrected chi connectivity index (χ1v) is 10.9. The lowest BCUT2D eigenvalue weighted by molar-refractivity contribution is -0.0436. The van der Waals surface area contributed by atoms with Crippen LogP contribution in [-0.2, 0) is 21.1 Å². The van der Waals surface area contributed by atoms with Crippen molar-refractivity contribution in [1.82, 2.24) is 9.55 Å². The predicted molar refractivity (Wildman–Crippen MR) is 113 cm³/mol. The van der Waals surface area contributed by atoms with Crippen LogP contribution in [0.1, 0.15) is 15.9 Å². The number of methoxy groups -OCH3 is 1. The van der Waals surface area contributed by atoms with Gasteiger partial charge >= 0.3 is 11.5 Å². The van der Waals surface area contributed by atoms with Gasteiger partial charge in [0.1, 0.15) is 5.83 Å². The lowest BCUT2D eigenvalue weighted by atomic mass is 9.97. The molecule has 2 N–H and O–H groups in total. The van der Waals surface area contributed by atoms with Crippen molar-refractivity contribution in [2.45, 2.75) is 23.9 Å². The van der Waals surface area contributed by atoms with Gasteiger partial charge in [0, 0.05) is 12.1 Å². The Hall–Kier alpha value is -3.25. The van der Waals surface area contributed by atoms with E-state index in [1.165, 1.54) is 29.1 Å². The number of hydrogen-bond acceptors (Lipinski definition) is 6. The number of halogens is 4. The summed E-state index contributed by atoms with van der Waals surface area (Å²) in [7, 11) is -4.46. The Morgan fingerprint density at radius 1 is 1.21 bits per heavy atom. The fraction of sp³-hybridized carbons (Fsp3) is 0.238. The number of allylic oxidation sites excluding steroid dienone is 1. The van der Waals surface area contributed by atoms with Gasteiger partial charge in [0.2, 0.25) is 0 Å². The third kappa shape index (κ3) is 4.62. The van der Waals surface area contributed by atoms with Gasteiger partial charge in [-0.1, -0.05) is 6.07 Å². The van der Waals surface area contributed by atoms with E-state index in [0.717, 1.165) is 25.3 Å². The molecule has 1 aromatic heterocycles. The maximum atomic E-state index is 14.1. The molecule has 0 spiro atoms. The third-order valence-corrected chi connectivity index (χ3v) is 6.41. The molecule has 7 nitrogen and oxygen atoms in total. The van der Waals surface area contributed by atoms with E-state index in [4.69, 9.17) is 10.5 Å². The second kappa shape index (κ2) is 8.94. The van der Waals surface area contributed by atoms with Crippen molar-refractivity contribution in [2.24, 2.45) is 5.73 Å². The Kier molecular flexibility index (Phi) is 6.61. The monoisotopic (exact) mass is 485 g/mol. The van der Waals surface area contributed by atoms with E-state index in [9.17, 15) is 30.8 Å². The molecule has 0 unspecified atom stereocenters. The Labute approximate surface area is 186 Å². The Morgan fingerprint density at radius 2 is 1.91 bits per heavy atom. The zero-order chi connectivity index (χ0) is 24.6. The molecular formula is C21H19F4N3O4S. The molecule has 0 aliphatic rings. The van der Waals surface area contributed by atoms with Gasteiger partial charge in [-0.25, -0.2) is 22.6 Å². The number of sulfone groups is 1. The van der Waals surface area contributed by atoms with Crippen LogP contribution >= 0.6 is 0 Å². The van der Waals surface area contributed by atoms with Crippen LogP contribution in [0.4, 0.5) is 17.6 Å². The molecule has 0 saturated carbocycles. The highest BCUT2D eigenvalue weighted by Gasteiger charge is 2.47. The Bertz CT molecular complexity index is 1360. The van der Waals surface area contributed by atoms with Gasteiger partial charge in [-0.2, -0.15) is 13.2 Å². The lowest BCUT2D eigenvalue weighted by Crippen LogP contribution is -2.23. The second-order valence-corrected chi connectivity index (χ2v) is 9.01. The maximum Gasteiger partial charge on any atom is 0.501 e. The zero-order valence-corrected chi connectivity index (χ0v) is 18.3. The molecule has 176 valence electrons. The van der Waals surface area contributed by atoms with Crippen molar-refractivity contribution >= 4 is 26.8 Å². The number of imidazole rings is 1. The largest absolute Gasteiger partial charge is 0.501 e. The topological polar surface area (TPSA) is 104 Å². The zero-order valence-electron chi connectivity index (χ0n) is 17.5. The van der Waals surface area contributed by atoms with Gasteiger partial charge in [-0.15, -0.1) is 0 Å². The van der Waals surface area contributed by atoms with Gasteiger partial charge < -0.3 is 15.0 Å². The van der Waals surface area contributed by atoms with E-state index in [-0.39, 0.29) is 40.8 Å². The third-order valence-electron chi connectivity index (χ3n) is 4.92. The standard InChI is InChI=1S/C21H19F4N3O4S/c1-12-3-4-15(33(30,31)21(23,24)25)9-16(12)17-7-13(20(29)32-2)8-18-19(17)27-11-28(18)10-14(22)5-6-26/h3-5,7-9,11H,6,10,26H2,1-2H3/b14-5-. The molecule has 0 saturated heterocycles. The minimum Gasteiger partial charge on any atom is -0.465 e. The van der Waals surface area contributed by atoms with Crippen LogP contribution in [0.3, 0.4) is 0 Å². The first kappa shape index (κ1) is 24.4. The molecular weight excluding hydrogens is 466 g/mol. The number of hydrogen-bond donors (Lipinski definition) is 1. The number of carbonyl (C=O) groups excluding carboxylic acids is 1. The van der Waals surface area contributed by atoms with Crippen molar-refractivity contribution in [3.05, 3.63) is 59.7 Å². The highest BCUT2D eigenvalue weighted by atomic mass is 32.2. The van der Waals surface area contributed by atoms with Crippen LogP contribution in [0.15, 0.2) is 53.5 Å². The number of fused-ring (bicyclic) bond motifs is 1. The van der Waals surface area contributed by atoms with Crippen LogP contribution in [0.25, 0.3) is 22.2 Å². The van der Waals surface area contributed by atoms with E-state index in [0.29, 0.717) is 5.56 Å². The fourth-order valence-corrected chi connectivity index (χ4v) is 4.07. The Balaban J connectivity index is 2.31. The van der Waals surface area contributed by atoms with E-state index < -0.39 is 32.0 Å². The van der Waals surface area contributed by atoms with E-state index in [1.807, 2.05) is 0 Å². The first-order valence-electron chi connectivity index (χ1n) is 9.45. The minimum absolute atomic E-state index is 0.0217. The molecule has 0 atom stereocenters. The van der Waals surface area contributed by atoms with Crippen molar-refractivity contribution in [1.29, 1.82) is 0 Å². The predicted octanol–water partition coefficient (Wildman–Crippen LogP) is 3.90. The number of ether oxygens (including phenoxy) is 1. The smallest absolute Gasteiger partial charge is 0.465 e. The molecule has 3 aromatic rings. The number of nitrogens with two attached hydrogens (primary N) is 1. The van der Waals surface area contributed by atoms with Crippen molar-refractivity contribution in [3.63, 3.8) is 0 Å². The van der Waals surface area contributed by atoms with Crippen molar-refractivity contribution < 1.29 is 35.5 Å². The SMILES string of the molecule is COC(=O)c1cc(-c2cc(S(=O)(=O)C(F)(F)F)ccc2C)c2ncn(C/C(F)=C/CN)c2c1. The summed E-state index contributed by atoms with van der Waals surface area (Å²) < 4.78 is 83.4. The molecule has 0 radical (unpaired) electrons.